The van der Waals surface area contributed by atoms with Gasteiger partial charge >= 0.3 is 0 Å². The van der Waals surface area contributed by atoms with Crippen LogP contribution in [0, 0.1) is 5.92 Å². The number of hydrogen-bond acceptors (Lipinski definition) is 4. The monoisotopic (exact) mass is 250 g/mol. The smallest absolute Gasteiger partial charge is 0.252 e. The topological polar surface area (TPSA) is 75.0 Å². The maximum absolute atomic E-state index is 11.6. The first-order valence-electron chi connectivity index (χ1n) is 6.74. The molecule has 2 rings (SSSR count). The number of piperidine rings is 1. The molecule has 5 nitrogen and oxygen atoms in total. The maximum atomic E-state index is 11.6. The van der Waals surface area contributed by atoms with Gasteiger partial charge in [-0.05, 0) is 12.3 Å². The number of aryl methyl sites for hydroxylation is 1. The van der Waals surface area contributed by atoms with Gasteiger partial charge in [-0.2, -0.15) is 0 Å². The molecule has 5 heteroatoms. The summed E-state index contributed by atoms with van der Waals surface area (Å²) >= 11 is 0. The molecule has 2 atom stereocenters. The normalized spacial score (nSPS) is 24.3. The molecule has 0 aromatic carbocycles. The van der Waals surface area contributed by atoms with Crippen LogP contribution in [0.25, 0.3) is 0 Å². The van der Waals surface area contributed by atoms with Gasteiger partial charge in [0, 0.05) is 31.6 Å². The van der Waals surface area contributed by atoms with E-state index >= 15 is 0 Å². The Morgan fingerprint density at radius 2 is 2.33 bits per heavy atom. The lowest BCUT2D eigenvalue weighted by Gasteiger charge is -2.37. The summed E-state index contributed by atoms with van der Waals surface area (Å²) < 4.78 is 0. The molecule has 0 saturated carbocycles. The van der Waals surface area contributed by atoms with E-state index < -0.39 is 0 Å². The molecule has 0 radical (unpaired) electrons. The molecule has 100 valence electrons. The lowest BCUT2D eigenvalue weighted by atomic mass is 9.91. The molecule has 0 aliphatic carbocycles. The van der Waals surface area contributed by atoms with Crippen LogP contribution in [-0.4, -0.2) is 29.1 Å². The number of anilines is 1. The third-order valence-electron chi connectivity index (χ3n) is 3.75. The van der Waals surface area contributed by atoms with Crippen LogP contribution in [-0.2, 0) is 6.42 Å². The van der Waals surface area contributed by atoms with E-state index in [1.807, 2.05) is 6.92 Å². The summed E-state index contributed by atoms with van der Waals surface area (Å²) in [5.41, 5.74) is 6.03. The van der Waals surface area contributed by atoms with Crippen molar-refractivity contribution in [1.29, 1.82) is 0 Å². The highest BCUT2D eigenvalue weighted by Crippen LogP contribution is 2.22. The Kier molecular flexibility index (Phi) is 4.01. The van der Waals surface area contributed by atoms with Crippen LogP contribution in [0.2, 0.25) is 0 Å². The van der Waals surface area contributed by atoms with E-state index in [0.717, 1.165) is 44.0 Å². The number of hydrogen-bond donors (Lipinski definition) is 2. The van der Waals surface area contributed by atoms with Crippen LogP contribution in [0.4, 0.5) is 5.82 Å². The van der Waals surface area contributed by atoms with Crippen LogP contribution >= 0.6 is 0 Å². The van der Waals surface area contributed by atoms with Crippen molar-refractivity contribution < 1.29 is 0 Å². The standard InChI is InChI=1S/C13H22N4O/c1-3-9-8-17(6-5-10(9)14)12-7-13(18)16-11(4-2)15-12/h7,9-10H,3-6,8,14H2,1-2H3,(H,15,16,18). The van der Waals surface area contributed by atoms with Crippen LogP contribution < -0.4 is 16.2 Å². The van der Waals surface area contributed by atoms with Gasteiger partial charge in [0.1, 0.15) is 11.6 Å². The van der Waals surface area contributed by atoms with Crippen molar-refractivity contribution in [2.45, 2.75) is 39.2 Å². The molecule has 18 heavy (non-hydrogen) atoms. The van der Waals surface area contributed by atoms with Crippen molar-refractivity contribution in [2.75, 3.05) is 18.0 Å². The van der Waals surface area contributed by atoms with Crippen molar-refractivity contribution in [3.05, 3.63) is 22.2 Å². The van der Waals surface area contributed by atoms with E-state index in [1.165, 1.54) is 0 Å². The first-order chi connectivity index (χ1) is 8.63. The van der Waals surface area contributed by atoms with Gasteiger partial charge in [-0.3, -0.25) is 4.79 Å². The highest BCUT2D eigenvalue weighted by Gasteiger charge is 2.26. The summed E-state index contributed by atoms with van der Waals surface area (Å²) in [6.07, 6.45) is 2.78. The number of aromatic amines is 1. The summed E-state index contributed by atoms with van der Waals surface area (Å²) in [4.78, 5) is 21.0. The lowest BCUT2D eigenvalue weighted by molar-refractivity contribution is 0.346. The average Bonchev–Trinajstić information content (AvgIpc) is 2.38. The average molecular weight is 250 g/mol. The Hall–Kier alpha value is -1.36. The molecule has 0 spiro atoms. The zero-order valence-corrected chi connectivity index (χ0v) is 11.1. The molecule has 1 aliphatic rings. The maximum Gasteiger partial charge on any atom is 0.252 e. The first kappa shape index (κ1) is 13.1. The minimum absolute atomic E-state index is 0.0697. The van der Waals surface area contributed by atoms with Crippen molar-refractivity contribution in [3.63, 3.8) is 0 Å². The second-order valence-electron chi connectivity index (χ2n) is 4.97. The first-order valence-corrected chi connectivity index (χ1v) is 6.74. The molecule has 2 heterocycles. The predicted octanol–water partition coefficient (Wildman–Crippen LogP) is 0.896. The Labute approximate surface area is 107 Å². The van der Waals surface area contributed by atoms with Crippen molar-refractivity contribution in [3.8, 4) is 0 Å². The van der Waals surface area contributed by atoms with Gasteiger partial charge in [0.2, 0.25) is 0 Å². The Morgan fingerprint density at radius 1 is 1.56 bits per heavy atom. The van der Waals surface area contributed by atoms with Crippen LogP contribution in [0.1, 0.15) is 32.5 Å². The number of nitrogens with one attached hydrogen (secondary N) is 1. The van der Waals surface area contributed by atoms with Crippen molar-refractivity contribution in [2.24, 2.45) is 11.7 Å². The number of H-pyrrole nitrogens is 1. The molecule has 1 saturated heterocycles. The van der Waals surface area contributed by atoms with Crippen LogP contribution in [0.5, 0.6) is 0 Å². The lowest BCUT2D eigenvalue weighted by Crippen LogP contribution is -2.47. The van der Waals surface area contributed by atoms with Crippen LogP contribution in [0.3, 0.4) is 0 Å². The molecule has 1 aromatic rings. The second kappa shape index (κ2) is 5.52. The zero-order chi connectivity index (χ0) is 13.1. The van der Waals surface area contributed by atoms with E-state index in [1.54, 1.807) is 6.07 Å². The molecule has 0 bridgehead atoms. The predicted molar refractivity (Wildman–Crippen MR) is 72.8 cm³/mol. The minimum atomic E-state index is -0.0697. The van der Waals surface area contributed by atoms with E-state index in [2.05, 4.69) is 21.8 Å². The number of nitrogens with zero attached hydrogens (tertiary/aromatic N) is 2. The molecular formula is C13H22N4O. The number of nitrogens with two attached hydrogens (primary N) is 1. The van der Waals surface area contributed by atoms with Gasteiger partial charge in [-0.25, -0.2) is 4.98 Å². The van der Waals surface area contributed by atoms with Crippen molar-refractivity contribution >= 4 is 5.82 Å². The van der Waals surface area contributed by atoms with E-state index in [9.17, 15) is 4.79 Å². The molecule has 3 N–H and O–H groups in total. The molecule has 1 aromatic heterocycles. The molecular weight excluding hydrogens is 228 g/mol. The van der Waals surface area contributed by atoms with Gasteiger partial charge < -0.3 is 15.6 Å². The fraction of sp³-hybridized carbons (Fsp3) is 0.692. The SMILES string of the molecule is CCc1nc(N2CCC(N)C(CC)C2)cc(=O)[nH]1. The van der Waals surface area contributed by atoms with Gasteiger partial charge in [0.15, 0.2) is 0 Å². The van der Waals surface area contributed by atoms with E-state index in [4.69, 9.17) is 5.73 Å². The highest BCUT2D eigenvalue weighted by molar-refractivity contribution is 5.38. The highest BCUT2D eigenvalue weighted by atomic mass is 16.1. The number of aromatic nitrogens is 2. The quantitative estimate of drug-likeness (QED) is 0.835. The van der Waals surface area contributed by atoms with Crippen LogP contribution in [0.15, 0.2) is 10.9 Å². The summed E-state index contributed by atoms with van der Waals surface area (Å²) in [5, 5.41) is 0. The zero-order valence-electron chi connectivity index (χ0n) is 11.1. The number of rotatable bonds is 3. The molecule has 1 aliphatic heterocycles. The third kappa shape index (κ3) is 2.72. The Bertz CT molecular complexity index is 457. The van der Waals surface area contributed by atoms with E-state index in [-0.39, 0.29) is 11.6 Å². The molecule has 1 fully saturated rings. The van der Waals surface area contributed by atoms with Gasteiger partial charge in [-0.15, -0.1) is 0 Å². The summed E-state index contributed by atoms with van der Waals surface area (Å²) in [7, 11) is 0. The molecule has 2 unspecified atom stereocenters. The summed E-state index contributed by atoms with van der Waals surface area (Å²) in [5.74, 6) is 2.03. The largest absolute Gasteiger partial charge is 0.356 e. The molecule has 0 amide bonds. The summed E-state index contributed by atoms with van der Waals surface area (Å²) in [6, 6.07) is 1.86. The minimum Gasteiger partial charge on any atom is -0.356 e. The third-order valence-corrected chi connectivity index (χ3v) is 3.75. The van der Waals surface area contributed by atoms with Crippen molar-refractivity contribution in [1.82, 2.24) is 9.97 Å². The fourth-order valence-electron chi connectivity index (χ4n) is 2.51. The second-order valence-corrected chi connectivity index (χ2v) is 4.97. The van der Waals surface area contributed by atoms with Gasteiger partial charge in [0.05, 0.1) is 0 Å². The van der Waals surface area contributed by atoms with E-state index in [0.29, 0.717) is 5.92 Å². The Morgan fingerprint density at radius 3 is 3.00 bits per heavy atom. The van der Waals surface area contributed by atoms with Gasteiger partial charge in [-0.1, -0.05) is 20.3 Å². The Balaban J connectivity index is 2.21. The fourth-order valence-corrected chi connectivity index (χ4v) is 2.51. The summed E-state index contributed by atoms with van der Waals surface area (Å²) in [6.45, 7) is 5.94. The van der Waals surface area contributed by atoms with Gasteiger partial charge in [0.25, 0.3) is 5.56 Å².